The minimum absolute atomic E-state index is 0.123. The van der Waals surface area contributed by atoms with E-state index in [1.807, 2.05) is 18.2 Å². The number of fused-ring (bicyclic) bond motifs is 1. The van der Waals surface area contributed by atoms with Gasteiger partial charge in [-0.15, -0.1) is 0 Å². The second kappa shape index (κ2) is 11.2. The standard InChI is InChI=1S/C26H20ClN5O5/c1-2-36-23-11-20-18(10-21(23)32-25(33)26(34)35)24(15(12-28)13-30-20)31-16-6-7-22(19(27)9-16)37-14-17-5-3-4-8-29-17/h3-11,13H,2,14H2,1H3,(H,30,31)(H,32,33)(H,34,35). The third-order valence-electron chi connectivity index (χ3n) is 5.13. The minimum Gasteiger partial charge on any atom is -0.492 e. The Morgan fingerprint density at radius 2 is 1.95 bits per heavy atom. The van der Waals surface area contributed by atoms with E-state index in [0.717, 1.165) is 5.69 Å². The molecule has 0 radical (unpaired) electrons. The number of carboxylic acid groups (broad SMARTS) is 1. The maximum absolute atomic E-state index is 11.8. The SMILES string of the molecule is CCOc1cc2ncc(C#N)c(Nc3ccc(OCc4ccccn4)c(Cl)c3)c2cc1NC(=O)C(=O)O. The zero-order valence-corrected chi connectivity index (χ0v) is 20.2. The number of halogens is 1. The lowest BCUT2D eigenvalue weighted by Crippen LogP contribution is -2.22. The number of nitrogens with one attached hydrogen (secondary N) is 2. The van der Waals surface area contributed by atoms with Gasteiger partial charge in [0.2, 0.25) is 0 Å². The van der Waals surface area contributed by atoms with Crippen LogP contribution in [0.25, 0.3) is 10.9 Å². The number of hydrogen-bond acceptors (Lipinski definition) is 8. The monoisotopic (exact) mass is 517 g/mol. The van der Waals surface area contributed by atoms with Gasteiger partial charge in [0.1, 0.15) is 24.2 Å². The number of carboxylic acids is 1. The lowest BCUT2D eigenvalue weighted by Gasteiger charge is -2.16. The van der Waals surface area contributed by atoms with Crippen LogP contribution in [0.15, 0.2) is 60.9 Å². The van der Waals surface area contributed by atoms with E-state index in [4.69, 9.17) is 26.2 Å². The summed E-state index contributed by atoms with van der Waals surface area (Å²) in [5.74, 6) is -2.18. The molecule has 37 heavy (non-hydrogen) atoms. The van der Waals surface area contributed by atoms with Crippen LogP contribution in [0.1, 0.15) is 18.2 Å². The summed E-state index contributed by atoms with van der Waals surface area (Å²) >= 11 is 6.44. The summed E-state index contributed by atoms with van der Waals surface area (Å²) in [6.45, 7) is 2.27. The number of anilines is 3. The van der Waals surface area contributed by atoms with Crippen molar-refractivity contribution in [3.05, 3.63) is 77.2 Å². The molecule has 3 N–H and O–H groups in total. The summed E-state index contributed by atoms with van der Waals surface area (Å²) in [6, 6.07) is 15.7. The largest absolute Gasteiger partial charge is 0.492 e. The van der Waals surface area contributed by atoms with Gasteiger partial charge < -0.3 is 25.2 Å². The van der Waals surface area contributed by atoms with Gasteiger partial charge in [-0.05, 0) is 43.3 Å². The molecule has 0 spiro atoms. The van der Waals surface area contributed by atoms with E-state index in [2.05, 4.69) is 26.7 Å². The van der Waals surface area contributed by atoms with Crippen molar-refractivity contribution in [3.8, 4) is 17.6 Å². The Kier molecular flexibility index (Phi) is 7.66. The number of amides is 1. The van der Waals surface area contributed by atoms with E-state index in [1.54, 1.807) is 37.4 Å². The van der Waals surface area contributed by atoms with Crippen LogP contribution < -0.4 is 20.1 Å². The van der Waals surface area contributed by atoms with Gasteiger partial charge in [-0.3, -0.25) is 14.8 Å². The number of carbonyl (C=O) groups is 2. The second-order valence-electron chi connectivity index (χ2n) is 7.60. The molecule has 1 amide bonds. The zero-order valence-electron chi connectivity index (χ0n) is 19.5. The van der Waals surface area contributed by atoms with Gasteiger partial charge in [0.15, 0.2) is 0 Å². The number of benzene rings is 2. The molecule has 2 heterocycles. The molecule has 0 aliphatic rings. The van der Waals surface area contributed by atoms with E-state index < -0.39 is 11.9 Å². The first kappa shape index (κ1) is 25.2. The quantitative estimate of drug-likeness (QED) is 0.277. The Labute approximate surface area is 216 Å². The summed E-state index contributed by atoms with van der Waals surface area (Å²) in [4.78, 5) is 31.4. The van der Waals surface area contributed by atoms with Crippen molar-refractivity contribution in [2.45, 2.75) is 13.5 Å². The summed E-state index contributed by atoms with van der Waals surface area (Å²) in [6.07, 6.45) is 3.08. The highest BCUT2D eigenvalue weighted by molar-refractivity contribution is 6.36. The molecule has 11 heteroatoms. The van der Waals surface area contributed by atoms with Crippen LogP contribution in [0.4, 0.5) is 17.1 Å². The predicted molar refractivity (Wildman–Crippen MR) is 137 cm³/mol. The fourth-order valence-corrected chi connectivity index (χ4v) is 3.70. The molecule has 0 unspecified atom stereocenters. The van der Waals surface area contributed by atoms with Crippen molar-refractivity contribution >= 4 is 51.4 Å². The Balaban J connectivity index is 1.68. The van der Waals surface area contributed by atoms with E-state index in [-0.39, 0.29) is 30.2 Å². The highest BCUT2D eigenvalue weighted by Gasteiger charge is 2.18. The second-order valence-corrected chi connectivity index (χ2v) is 8.00. The van der Waals surface area contributed by atoms with Crippen molar-refractivity contribution in [1.29, 1.82) is 5.26 Å². The minimum atomic E-state index is -1.65. The Morgan fingerprint density at radius 3 is 2.62 bits per heavy atom. The molecular weight excluding hydrogens is 498 g/mol. The maximum atomic E-state index is 11.8. The van der Waals surface area contributed by atoms with Crippen molar-refractivity contribution in [2.24, 2.45) is 0 Å². The van der Waals surface area contributed by atoms with Gasteiger partial charge in [-0.2, -0.15) is 5.26 Å². The molecule has 0 saturated carbocycles. The number of nitrogens with zero attached hydrogens (tertiary/aromatic N) is 3. The molecule has 10 nitrogen and oxygen atoms in total. The van der Waals surface area contributed by atoms with Crippen LogP contribution in [-0.4, -0.2) is 33.6 Å². The number of pyridine rings is 2. The van der Waals surface area contributed by atoms with Gasteiger partial charge in [0.25, 0.3) is 0 Å². The number of ether oxygens (including phenoxy) is 2. The van der Waals surface area contributed by atoms with Crippen LogP contribution in [0.3, 0.4) is 0 Å². The molecule has 0 aliphatic carbocycles. The fourth-order valence-electron chi connectivity index (χ4n) is 3.46. The number of hydrogen-bond donors (Lipinski definition) is 3. The smallest absolute Gasteiger partial charge is 0.394 e. The highest BCUT2D eigenvalue weighted by Crippen LogP contribution is 2.37. The third kappa shape index (κ3) is 5.86. The van der Waals surface area contributed by atoms with E-state index >= 15 is 0 Å². The average Bonchev–Trinajstić information content (AvgIpc) is 2.89. The lowest BCUT2D eigenvalue weighted by atomic mass is 10.1. The molecule has 4 rings (SSSR count). The first-order valence-electron chi connectivity index (χ1n) is 11.0. The summed E-state index contributed by atoms with van der Waals surface area (Å²) in [5.41, 5.74) is 2.50. The topological polar surface area (TPSA) is 146 Å². The molecule has 4 aromatic rings. The van der Waals surface area contributed by atoms with Crippen LogP contribution in [0.5, 0.6) is 11.5 Å². The van der Waals surface area contributed by atoms with Gasteiger partial charge in [0.05, 0.1) is 39.8 Å². The van der Waals surface area contributed by atoms with Crippen LogP contribution in [0.2, 0.25) is 5.02 Å². The molecule has 0 bridgehead atoms. The average molecular weight is 518 g/mol. The van der Waals surface area contributed by atoms with Crippen molar-refractivity contribution in [3.63, 3.8) is 0 Å². The lowest BCUT2D eigenvalue weighted by molar-refractivity contribution is -0.147. The first-order chi connectivity index (χ1) is 17.9. The first-order valence-corrected chi connectivity index (χ1v) is 11.4. The normalized spacial score (nSPS) is 10.4. The van der Waals surface area contributed by atoms with E-state index in [9.17, 15) is 14.9 Å². The molecule has 2 aromatic heterocycles. The van der Waals surface area contributed by atoms with Crippen LogP contribution in [0, 0.1) is 11.3 Å². The number of nitriles is 1. The predicted octanol–water partition coefficient (Wildman–Crippen LogP) is 4.90. The Morgan fingerprint density at radius 1 is 1.11 bits per heavy atom. The summed E-state index contributed by atoms with van der Waals surface area (Å²) < 4.78 is 11.3. The Hall–Kier alpha value is -4.88. The van der Waals surface area contributed by atoms with Gasteiger partial charge in [-0.1, -0.05) is 17.7 Å². The summed E-state index contributed by atoms with van der Waals surface area (Å²) in [7, 11) is 0. The van der Waals surface area contributed by atoms with E-state index in [1.165, 1.54) is 12.3 Å². The number of rotatable bonds is 8. The Bertz CT molecular complexity index is 1520. The molecule has 2 aromatic carbocycles. The van der Waals surface area contributed by atoms with Crippen LogP contribution in [-0.2, 0) is 16.2 Å². The molecule has 0 atom stereocenters. The molecule has 186 valence electrons. The number of carbonyl (C=O) groups excluding carboxylic acids is 1. The number of aliphatic carboxylic acids is 1. The zero-order chi connectivity index (χ0) is 26.4. The highest BCUT2D eigenvalue weighted by atomic mass is 35.5. The van der Waals surface area contributed by atoms with Crippen molar-refractivity contribution in [2.75, 3.05) is 17.2 Å². The fraction of sp³-hybridized carbons (Fsp3) is 0.115. The van der Waals surface area contributed by atoms with Crippen molar-refractivity contribution in [1.82, 2.24) is 9.97 Å². The third-order valence-corrected chi connectivity index (χ3v) is 5.43. The van der Waals surface area contributed by atoms with Crippen molar-refractivity contribution < 1.29 is 24.2 Å². The van der Waals surface area contributed by atoms with Crippen LogP contribution >= 0.6 is 11.6 Å². The molecule has 0 aliphatic heterocycles. The maximum Gasteiger partial charge on any atom is 0.394 e. The number of aromatic nitrogens is 2. The molecule has 0 fully saturated rings. The molecular formula is C26H20ClN5O5. The van der Waals surface area contributed by atoms with E-state index in [0.29, 0.717) is 33.0 Å². The van der Waals surface area contributed by atoms with Gasteiger partial charge >= 0.3 is 11.9 Å². The van der Waals surface area contributed by atoms with Gasteiger partial charge in [0, 0.05) is 29.5 Å². The molecule has 0 saturated heterocycles. The summed E-state index contributed by atoms with van der Waals surface area (Å²) in [5, 5.41) is 25.0. The van der Waals surface area contributed by atoms with Gasteiger partial charge in [-0.25, -0.2) is 4.79 Å².